The molecule has 2 aromatic carbocycles. The van der Waals surface area contributed by atoms with Crippen LogP contribution in [0.2, 0.25) is 0 Å². The van der Waals surface area contributed by atoms with Crippen LogP contribution in [0, 0.1) is 6.92 Å². The van der Waals surface area contributed by atoms with Gasteiger partial charge in [-0.15, -0.1) is 0 Å². The molecule has 0 N–H and O–H groups in total. The van der Waals surface area contributed by atoms with Crippen LogP contribution in [0.5, 0.6) is 0 Å². The summed E-state index contributed by atoms with van der Waals surface area (Å²) < 4.78 is 1.71. The zero-order valence-corrected chi connectivity index (χ0v) is 20.5. The molecule has 0 bridgehead atoms. The highest BCUT2D eigenvalue weighted by Crippen LogP contribution is 2.27. The van der Waals surface area contributed by atoms with E-state index in [0.29, 0.717) is 36.1 Å². The lowest BCUT2D eigenvalue weighted by Crippen LogP contribution is -2.41. The molecule has 6 heteroatoms. The van der Waals surface area contributed by atoms with Gasteiger partial charge in [0, 0.05) is 19.5 Å². The smallest absolute Gasteiger partial charge is 0.266 e. The monoisotopic (exact) mass is 448 g/mol. The molecule has 1 unspecified atom stereocenters. The lowest BCUT2D eigenvalue weighted by atomic mass is 10.1. The van der Waals surface area contributed by atoms with Gasteiger partial charge in [-0.05, 0) is 63.7 Å². The number of hydrogen-bond donors (Lipinski definition) is 0. The molecule has 0 aliphatic heterocycles. The largest absolute Gasteiger partial charge is 0.331 e. The van der Waals surface area contributed by atoms with Crippen molar-refractivity contribution >= 4 is 16.8 Å². The Kier molecular flexibility index (Phi) is 8.39. The lowest BCUT2D eigenvalue weighted by molar-refractivity contribution is -0.134. The van der Waals surface area contributed by atoms with Crippen LogP contribution in [-0.2, 0) is 4.79 Å². The number of aromatic nitrogens is 2. The number of hydrogen-bond acceptors (Lipinski definition) is 4. The van der Waals surface area contributed by atoms with Crippen LogP contribution in [0.3, 0.4) is 0 Å². The van der Waals surface area contributed by atoms with E-state index in [-0.39, 0.29) is 17.5 Å². The quantitative estimate of drug-likeness (QED) is 0.450. The molecule has 33 heavy (non-hydrogen) atoms. The first-order valence-electron chi connectivity index (χ1n) is 11.9. The van der Waals surface area contributed by atoms with Crippen molar-refractivity contribution < 1.29 is 4.79 Å². The molecule has 0 aliphatic carbocycles. The Hall–Kier alpha value is -2.99. The van der Waals surface area contributed by atoms with Gasteiger partial charge in [0.15, 0.2) is 0 Å². The third-order valence-corrected chi connectivity index (χ3v) is 5.98. The SMILES string of the molecule is CCCCC(=O)N(CCN(C)C)C(CC)c1nc2ccccc2c(=O)n1-c1cccc(C)c1. The first-order chi connectivity index (χ1) is 15.9. The van der Waals surface area contributed by atoms with E-state index in [9.17, 15) is 9.59 Å². The number of aryl methyl sites for hydroxylation is 1. The van der Waals surface area contributed by atoms with Crippen molar-refractivity contribution in [3.8, 4) is 5.69 Å². The van der Waals surface area contributed by atoms with Crippen molar-refractivity contribution in [3.63, 3.8) is 0 Å². The van der Waals surface area contributed by atoms with Crippen molar-refractivity contribution in [3.05, 3.63) is 70.3 Å². The summed E-state index contributed by atoms with van der Waals surface area (Å²) in [5.41, 5.74) is 2.40. The van der Waals surface area contributed by atoms with E-state index in [2.05, 4.69) is 18.7 Å². The number of carbonyl (C=O) groups is 1. The van der Waals surface area contributed by atoms with Crippen molar-refractivity contribution in [1.29, 1.82) is 0 Å². The molecule has 1 atom stereocenters. The maximum absolute atomic E-state index is 13.7. The number of para-hydroxylation sites is 1. The number of amides is 1. The minimum absolute atomic E-state index is 0.104. The van der Waals surface area contributed by atoms with Crippen LogP contribution in [0.1, 0.15) is 57.0 Å². The molecule has 0 aliphatic rings. The number of unbranched alkanes of at least 4 members (excludes halogenated alkanes) is 1. The number of fused-ring (bicyclic) bond motifs is 1. The predicted molar refractivity (Wildman–Crippen MR) is 135 cm³/mol. The van der Waals surface area contributed by atoms with Gasteiger partial charge in [-0.25, -0.2) is 4.98 Å². The highest BCUT2D eigenvalue weighted by molar-refractivity contribution is 5.79. The molecule has 3 aromatic rings. The summed E-state index contributed by atoms with van der Waals surface area (Å²) in [5, 5.41) is 0.578. The highest BCUT2D eigenvalue weighted by atomic mass is 16.2. The van der Waals surface area contributed by atoms with E-state index in [0.717, 1.165) is 30.6 Å². The number of benzene rings is 2. The molecular weight excluding hydrogens is 412 g/mol. The Labute approximate surface area is 196 Å². The average Bonchev–Trinajstić information content (AvgIpc) is 2.80. The number of likely N-dealkylation sites (N-methyl/N-ethyl adjacent to an activating group) is 1. The van der Waals surface area contributed by atoms with Crippen molar-refractivity contribution in [2.24, 2.45) is 0 Å². The van der Waals surface area contributed by atoms with Gasteiger partial charge in [-0.2, -0.15) is 0 Å². The molecule has 1 amide bonds. The van der Waals surface area contributed by atoms with E-state index in [4.69, 9.17) is 4.98 Å². The van der Waals surface area contributed by atoms with Gasteiger partial charge in [0.05, 0.1) is 22.6 Å². The van der Waals surface area contributed by atoms with Crippen molar-refractivity contribution in [2.75, 3.05) is 27.2 Å². The molecule has 176 valence electrons. The molecule has 1 aromatic heterocycles. The Morgan fingerprint density at radius 1 is 1.06 bits per heavy atom. The standard InChI is InChI=1S/C27H36N4O2/c1-6-8-16-25(32)30(18-17-29(4)5)24(7-2)26-28-23-15-10-9-14-22(23)27(33)31(26)21-13-11-12-20(3)19-21/h9-15,19,24H,6-8,16-18H2,1-5H3. The molecule has 3 rings (SSSR count). The van der Waals surface area contributed by atoms with Crippen LogP contribution >= 0.6 is 0 Å². The molecular formula is C27H36N4O2. The van der Waals surface area contributed by atoms with Crippen LogP contribution in [0.4, 0.5) is 0 Å². The molecule has 0 radical (unpaired) electrons. The second-order valence-corrected chi connectivity index (χ2v) is 8.88. The topological polar surface area (TPSA) is 58.4 Å². The van der Waals surface area contributed by atoms with E-state index in [1.807, 2.05) is 74.4 Å². The normalized spacial score (nSPS) is 12.3. The van der Waals surface area contributed by atoms with Crippen molar-refractivity contribution in [1.82, 2.24) is 19.4 Å². The third kappa shape index (κ3) is 5.69. The highest BCUT2D eigenvalue weighted by Gasteiger charge is 2.28. The van der Waals surface area contributed by atoms with Crippen LogP contribution in [0.15, 0.2) is 53.3 Å². The summed E-state index contributed by atoms with van der Waals surface area (Å²) in [6.07, 6.45) is 2.99. The van der Waals surface area contributed by atoms with Gasteiger partial charge in [0.1, 0.15) is 5.82 Å². The molecule has 0 saturated carbocycles. The fourth-order valence-electron chi connectivity index (χ4n) is 4.17. The average molecular weight is 449 g/mol. The summed E-state index contributed by atoms with van der Waals surface area (Å²) >= 11 is 0. The number of carbonyl (C=O) groups excluding carboxylic acids is 1. The van der Waals surface area contributed by atoms with Crippen LogP contribution < -0.4 is 5.56 Å². The lowest BCUT2D eigenvalue weighted by Gasteiger charge is -2.33. The first kappa shape index (κ1) is 24.6. The number of nitrogens with zero attached hydrogens (tertiary/aromatic N) is 4. The summed E-state index contributed by atoms with van der Waals surface area (Å²) in [4.78, 5) is 36.0. The van der Waals surface area contributed by atoms with Gasteiger partial charge in [0.2, 0.25) is 5.91 Å². The van der Waals surface area contributed by atoms with E-state index >= 15 is 0 Å². The van der Waals surface area contributed by atoms with Crippen molar-refractivity contribution in [2.45, 2.75) is 52.5 Å². The fraction of sp³-hybridized carbons (Fsp3) is 0.444. The number of rotatable bonds is 10. The molecule has 0 spiro atoms. The fourth-order valence-corrected chi connectivity index (χ4v) is 4.17. The van der Waals surface area contributed by atoms with E-state index < -0.39 is 0 Å². The third-order valence-electron chi connectivity index (χ3n) is 5.98. The van der Waals surface area contributed by atoms with Gasteiger partial charge >= 0.3 is 0 Å². The minimum Gasteiger partial charge on any atom is -0.331 e. The maximum Gasteiger partial charge on any atom is 0.266 e. The van der Waals surface area contributed by atoms with Crippen LogP contribution in [-0.4, -0.2) is 52.4 Å². The Morgan fingerprint density at radius 3 is 2.48 bits per heavy atom. The second kappa shape index (κ2) is 11.2. The van der Waals surface area contributed by atoms with Gasteiger partial charge in [-0.1, -0.05) is 44.5 Å². The summed E-state index contributed by atoms with van der Waals surface area (Å²) in [5.74, 6) is 0.735. The molecule has 1 heterocycles. The van der Waals surface area contributed by atoms with E-state index in [1.54, 1.807) is 4.57 Å². The zero-order chi connectivity index (χ0) is 24.0. The molecule has 0 fully saturated rings. The molecule has 6 nitrogen and oxygen atoms in total. The van der Waals surface area contributed by atoms with Gasteiger partial charge < -0.3 is 9.80 Å². The Balaban J connectivity index is 2.23. The minimum atomic E-state index is -0.299. The summed E-state index contributed by atoms with van der Waals surface area (Å²) in [6.45, 7) is 7.50. The maximum atomic E-state index is 13.7. The first-order valence-corrected chi connectivity index (χ1v) is 11.9. The Bertz CT molecular complexity index is 1150. The zero-order valence-electron chi connectivity index (χ0n) is 20.5. The predicted octanol–water partition coefficient (Wildman–Crippen LogP) is 4.73. The Morgan fingerprint density at radius 2 is 1.82 bits per heavy atom. The van der Waals surface area contributed by atoms with Crippen LogP contribution in [0.25, 0.3) is 16.6 Å². The second-order valence-electron chi connectivity index (χ2n) is 8.88. The van der Waals surface area contributed by atoms with E-state index in [1.165, 1.54) is 0 Å². The van der Waals surface area contributed by atoms with Gasteiger partial charge in [-0.3, -0.25) is 14.2 Å². The van der Waals surface area contributed by atoms with Gasteiger partial charge in [0.25, 0.3) is 5.56 Å². The summed E-state index contributed by atoms with van der Waals surface area (Å²) in [7, 11) is 4.01. The summed E-state index contributed by atoms with van der Waals surface area (Å²) in [6, 6.07) is 15.0. The molecule has 0 saturated heterocycles.